The van der Waals surface area contributed by atoms with E-state index in [1.807, 2.05) is 0 Å². The molecule has 0 aliphatic carbocycles. The zero-order valence-corrected chi connectivity index (χ0v) is 10.2. The number of halogens is 1. The Bertz CT molecular complexity index is 91.8. The Hall–Kier alpha value is 0.440. The van der Waals surface area contributed by atoms with Crippen molar-refractivity contribution in [3.05, 3.63) is 0 Å². The highest BCUT2D eigenvalue weighted by Gasteiger charge is 2.03. The minimum Gasteiger partial charge on any atom is -0.314 e. The molecular weight excluding hydrogens is 214 g/mol. The first kappa shape index (κ1) is 12.4. The fraction of sp³-hybridized carbons (Fsp3) is 1.00. The molecule has 0 amide bonds. The molecule has 1 unspecified atom stereocenters. The van der Waals surface area contributed by atoms with Gasteiger partial charge < -0.3 is 5.32 Å². The predicted molar refractivity (Wildman–Crippen MR) is 60.0 cm³/mol. The molecule has 0 bridgehead atoms. The van der Waals surface area contributed by atoms with Gasteiger partial charge in [0, 0.05) is 10.9 Å². The minimum atomic E-state index is 0.694. The lowest BCUT2D eigenvalue weighted by molar-refractivity contribution is 0.476. The van der Waals surface area contributed by atoms with Gasteiger partial charge in [-0.1, -0.05) is 36.7 Å². The minimum absolute atomic E-state index is 0.694. The summed E-state index contributed by atoms with van der Waals surface area (Å²) in [5, 5.41) is 3.55. The molecule has 0 fully saturated rings. The van der Waals surface area contributed by atoms with Crippen LogP contribution in [0.3, 0.4) is 0 Å². The summed E-state index contributed by atoms with van der Waals surface area (Å²) in [5.41, 5.74) is 0. The van der Waals surface area contributed by atoms with Crippen molar-refractivity contribution in [2.24, 2.45) is 0 Å². The molecule has 0 aliphatic rings. The van der Waals surface area contributed by atoms with E-state index in [-0.39, 0.29) is 0 Å². The van der Waals surface area contributed by atoms with Crippen molar-refractivity contribution >= 4 is 15.9 Å². The van der Waals surface area contributed by atoms with E-state index < -0.39 is 0 Å². The van der Waals surface area contributed by atoms with Gasteiger partial charge in [-0.05, 0) is 32.2 Å². The van der Waals surface area contributed by atoms with Crippen LogP contribution >= 0.6 is 15.9 Å². The average Bonchev–Trinajstić information content (AvgIpc) is 2.12. The van der Waals surface area contributed by atoms with Gasteiger partial charge in [0.25, 0.3) is 0 Å². The van der Waals surface area contributed by atoms with E-state index in [0.29, 0.717) is 4.83 Å². The first-order chi connectivity index (χ1) is 5.74. The molecule has 1 atom stereocenters. The van der Waals surface area contributed by atoms with Gasteiger partial charge in [0.15, 0.2) is 0 Å². The van der Waals surface area contributed by atoms with Crippen molar-refractivity contribution in [2.75, 3.05) is 6.54 Å². The van der Waals surface area contributed by atoms with Crippen LogP contribution in [0.25, 0.3) is 0 Å². The van der Waals surface area contributed by atoms with E-state index in [2.05, 4.69) is 42.0 Å². The fourth-order valence-corrected chi connectivity index (χ4v) is 1.45. The predicted octanol–water partition coefficient (Wildman–Crippen LogP) is 3.33. The summed E-state index contributed by atoms with van der Waals surface area (Å²) < 4.78 is 0. The molecule has 0 aromatic carbocycles. The van der Waals surface area contributed by atoms with Gasteiger partial charge >= 0.3 is 0 Å². The van der Waals surface area contributed by atoms with Crippen LogP contribution in [-0.4, -0.2) is 17.4 Å². The third-order valence-electron chi connectivity index (χ3n) is 2.32. The van der Waals surface area contributed by atoms with Crippen molar-refractivity contribution in [1.82, 2.24) is 5.32 Å². The molecule has 12 heavy (non-hydrogen) atoms. The maximum atomic E-state index is 3.63. The van der Waals surface area contributed by atoms with E-state index in [1.165, 1.54) is 25.7 Å². The Morgan fingerprint density at radius 1 is 1.08 bits per heavy atom. The van der Waals surface area contributed by atoms with Crippen molar-refractivity contribution < 1.29 is 0 Å². The average molecular weight is 236 g/mol. The van der Waals surface area contributed by atoms with E-state index >= 15 is 0 Å². The van der Waals surface area contributed by atoms with Crippen LogP contribution in [0.5, 0.6) is 0 Å². The number of hydrogen-bond acceptors (Lipinski definition) is 1. The molecule has 0 aliphatic heterocycles. The summed E-state index contributed by atoms with van der Waals surface area (Å²) in [6.07, 6.45) is 4.96. The summed E-state index contributed by atoms with van der Waals surface area (Å²) in [4.78, 5) is 0.694. The molecule has 0 rings (SSSR count). The SMILES string of the molecule is CCC(Br)CCNC(CC)CC. The molecule has 0 saturated carbocycles. The normalized spacial score (nSPS) is 13.8. The maximum Gasteiger partial charge on any atom is 0.0155 e. The quantitative estimate of drug-likeness (QED) is 0.668. The third-order valence-corrected chi connectivity index (χ3v) is 3.42. The highest BCUT2D eigenvalue weighted by Crippen LogP contribution is 2.08. The van der Waals surface area contributed by atoms with Crippen LogP contribution in [0.15, 0.2) is 0 Å². The topological polar surface area (TPSA) is 12.0 Å². The standard InChI is InChI=1S/C10H22BrN/c1-4-9(11)7-8-12-10(5-2)6-3/h9-10,12H,4-8H2,1-3H3. The molecule has 1 nitrogen and oxygen atoms in total. The lowest BCUT2D eigenvalue weighted by atomic mass is 10.1. The van der Waals surface area contributed by atoms with Gasteiger partial charge in [-0.2, -0.15) is 0 Å². The lowest BCUT2D eigenvalue weighted by Gasteiger charge is -2.15. The number of rotatable bonds is 7. The van der Waals surface area contributed by atoms with E-state index in [1.54, 1.807) is 0 Å². The zero-order valence-electron chi connectivity index (χ0n) is 8.57. The molecule has 0 radical (unpaired) electrons. The Kier molecular flexibility index (Phi) is 8.35. The summed E-state index contributed by atoms with van der Waals surface area (Å²) in [6, 6.07) is 0.724. The molecular formula is C10H22BrN. The van der Waals surface area contributed by atoms with E-state index in [9.17, 15) is 0 Å². The largest absolute Gasteiger partial charge is 0.314 e. The van der Waals surface area contributed by atoms with Crippen molar-refractivity contribution in [3.8, 4) is 0 Å². The number of alkyl halides is 1. The van der Waals surface area contributed by atoms with Gasteiger partial charge in [-0.15, -0.1) is 0 Å². The molecule has 74 valence electrons. The molecule has 0 aromatic rings. The Morgan fingerprint density at radius 2 is 1.67 bits per heavy atom. The van der Waals surface area contributed by atoms with Gasteiger partial charge in [-0.25, -0.2) is 0 Å². The summed E-state index contributed by atoms with van der Waals surface area (Å²) >= 11 is 3.63. The maximum absolute atomic E-state index is 3.63. The van der Waals surface area contributed by atoms with Crippen LogP contribution in [0.2, 0.25) is 0 Å². The molecule has 0 saturated heterocycles. The van der Waals surface area contributed by atoms with Gasteiger partial charge in [0.2, 0.25) is 0 Å². The van der Waals surface area contributed by atoms with Crippen LogP contribution in [0, 0.1) is 0 Å². The van der Waals surface area contributed by atoms with Crippen LogP contribution in [0.1, 0.15) is 46.5 Å². The van der Waals surface area contributed by atoms with Crippen molar-refractivity contribution in [2.45, 2.75) is 57.3 Å². The molecule has 0 spiro atoms. The highest BCUT2D eigenvalue weighted by molar-refractivity contribution is 9.09. The first-order valence-electron chi connectivity index (χ1n) is 5.11. The first-order valence-corrected chi connectivity index (χ1v) is 6.03. The van der Waals surface area contributed by atoms with Gasteiger partial charge in [0.05, 0.1) is 0 Å². The Morgan fingerprint density at radius 3 is 2.08 bits per heavy atom. The Labute approximate surface area is 85.4 Å². The molecule has 1 N–H and O–H groups in total. The monoisotopic (exact) mass is 235 g/mol. The Balaban J connectivity index is 3.28. The highest BCUT2D eigenvalue weighted by atomic mass is 79.9. The molecule has 2 heteroatoms. The smallest absolute Gasteiger partial charge is 0.0155 e. The second-order valence-corrected chi connectivity index (χ2v) is 4.56. The number of nitrogens with one attached hydrogen (secondary N) is 1. The van der Waals surface area contributed by atoms with E-state index in [0.717, 1.165) is 12.6 Å². The van der Waals surface area contributed by atoms with E-state index in [4.69, 9.17) is 0 Å². The molecule has 0 aromatic heterocycles. The number of hydrogen-bond donors (Lipinski definition) is 1. The second-order valence-electron chi connectivity index (χ2n) is 3.26. The van der Waals surface area contributed by atoms with Crippen LogP contribution in [0.4, 0.5) is 0 Å². The fourth-order valence-electron chi connectivity index (χ4n) is 1.23. The van der Waals surface area contributed by atoms with Gasteiger partial charge in [-0.3, -0.25) is 0 Å². The third kappa shape index (κ3) is 6.01. The van der Waals surface area contributed by atoms with Crippen molar-refractivity contribution in [3.63, 3.8) is 0 Å². The molecule has 0 heterocycles. The van der Waals surface area contributed by atoms with Crippen LogP contribution < -0.4 is 5.32 Å². The van der Waals surface area contributed by atoms with Gasteiger partial charge in [0.1, 0.15) is 0 Å². The summed E-state index contributed by atoms with van der Waals surface area (Å²) in [7, 11) is 0. The van der Waals surface area contributed by atoms with Crippen LogP contribution in [-0.2, 0) is 0 Å². The summed E-state index contributed by atoms with van der Waals surface area (Å²) in [5.74, 6) is 0. The lowest BCUT2D eigenvalue weighted by Crippen LogP contribution is -2.29. The summed E-state index contributed by atoms with van der Waals surface area (Å²) in [6.45, 7) is 7.85. The van der Waals surface area contributed by atoms with Crippen molar-refractivity contribution in [1.29, 1.82) is 0 Å². The second kappa shape index (κ2) is 8.06. The zero-order chi connectivity index (χ0) is 9.40.